The van der Waals surface area contributed by atoms with Crippen LogP contribution >= 0.6 is 0 Å². The second-order valence-electron chi connectivity index (χ2n) is 6.08. The highest BCUT2D eigenvalue weighted by molar-refractivity contribution is 7.88. The number of hydrogen-bond donors (Lipinski definition) is 1. The molecule has 4 nitrogen and oxygen atoms in total. The van der Waals surface area contributed by atoms with Crippen LogP contribution < -0.4 is 5.73 Å². The molecule has 1 aliphatic heterocycles. The Bertz CT molecular complexity index is 530. The Hall–Kier alpha value is -0.910. The van der Waals surface area contributed by atoms with Gasteiger partial charge in [-0.25, -0.2) is 12.7 Å². The van der Waals surface area contributed by atoms with Gasteiger partial charge in [-0.2, -0.15) is 0 Å². The average Bonchev–Trinajstić information content (AvgIpc) is 2.47. The van der Waals surface area contributed by atoms with Crippen LogP contribution in [0.3, 0.4) is 0 Å². The van der Waals surface area contributed by atoms with E-state index in [2.05, 4.69) is 12.1 Å². The van der Waals surface area contributed by atoms with Gasteiger partial charge < -0.3 is 5.73 Å². The molecule has 0 spiro atoms. The first-order chi connectivity index (χ1) is 9.97. The van der Waals surface area contributed by atoms with E-state index in [9.17, 15) is 8.42 Å². The van der Waals surface area contributed by atoms with Gasteiger partial charge in [0, 0.05) is 19.1 Å². The molecule has 5 heteroatoms. The highest BCUT2D eigenvalue weighted by atomic mass is 32.2. The third-order valence-electron chi connectivity index (χ3n) is 4.31. The van der Waals surface area contributed by atoms with E-state index in [0.29, 0.717) is 19.0 Å². The lowest BCUT2D eigenvalue weighted by Gasteiger charge is -2.31. The Balaban J connectivity index is 1.76. The van der Waals surface area contributed by atoms with Crippen molar-refractivity contribution in [1.82, 2.24) is 4.31 Å². The van der Waals surface area contributed by atoms with Crippen LogP contribution in [0.25, 0.3) is 0 Å². The standard InChI is InChI=1S/C16H26N2O2S/c1-21(19,20)18-12-6-8-14(13-18)7-5-11-16(17)15-9-3-2-4-10-15/h2-4,9-10,14,16H,5-8,11-13,17H2,1H3. The van der Waals surface area contributed by atoms with Crippen LogP contribution in [-0.2, 0) is 10.0 Å². The van der Waals surface area contributed by atoms with Crippen LogP contribution in [-0.4, -0.2) is 32.1 Å². The van der Waals surface area contributed by atoms with Crippen molar-refractivity contribution >= 4 is 10.0 Å². The van der Waals surface area contributed by atoms with Crippen LogP contribution in [0.15, 0.2) is 30.3 Å². The lowest BCUT2D eigenvalue weighted by atomic mass is 9.92. The summed E-state index contributed by atoms with van der Waals surface area (Å²) in [6.07, 6.45) is 6.49. The van der Waals surface area contributed by atoms with E-state index in [-0.39, 0.29) is 6.04 Å². The minimum Gasteiger partial charge on any atom is -0.324 e. The van der Waals surface area contributed by atoms with Gasteiger partial charge in [0.05, 0.1) is 6.26 Å². The fourth-order valence-electron chi connectivity index (χ4n) is 3.06. The summed E-state index contributed by atoms with van der Waals surface area (Å²) in [7, 11) is -3.03. The summed E-state index contributed by atoms with van der Waals surface area (Å²) in [5.41, 5.74) is 7.38. The zero-order chi connectivity index (χ0) is 15.3. The van der Waals surface area contributed by atoms with Gasteiger partial charge in [0.2, 0.25) is 10.0 Å². The monoisotopic (exact) mass is 310 g/mol. The third-order valence-corrected chi connectivity index (χ3v) is 5.58. The number of nitrogens with zero attached hydrogens (tertiary/aromatic N) is 1. The first-order valence-corrected chi connectivity index (χ1v) is 9.57. The van der Waals surface area contributed by atoms with Crippen molar-refractivity contribution in [3.05, 3.63) is 35.9 Å². The number of nitrogens with two attached hydrogens (primary N) is 1. The van der Waals surface area contributed by atoms with Crippen molar-refractivity contribution < 1.29 is 8.42 Å². The summed E-state index contributed by atoms with van der Waals surface area (Å²) in [6.45, 7) is 1.36. The maximum atomic E-state index is 11.6. The topological polar surface area (TPSA) is 63.4 Å². The van der Waals surface area contributed by atoms with Gasteiger partial charge in [-0.3, -0.25) is 0 Å². The van der Waals surface area contributed by atoms with Crippen LogP contribution in [0.2, 0.25) is 0 Å². The lowest BCUT2D eigenvalue weighted by molar-refractivity contribution is 0.251. The maximum absolute atomic E-state index is 11.6. The Morgan fingerprint density at radius 3 is 2.71 bits per heavy atom. The number of hydrogen-bond acceptors (Lipinski definition) is 3. The van der Waals surface area contributed by atoms with E-state index in [1.165, 1.54) is 11.8 Å². The molecule has 0 saturated carbocycles. The minimum atomic E-state index is -3.03. The van der Waals surface area contributed by atoms with Crippen molar-refractivity contribution in [3.8, 4) is 0 Å². The summed E-state index contributed by atoms with van der Waals surface area (Å²) in [6, 6.07) is 10.2. The maximum Gasteiger partial charge on any atom is 0.211 e. The van der Waals surface area contributed by atoms with Crippen molar-refractivity contribution in [3.63, 3.8) is 0 Å². The Morgan fingerprint density at radius 2 is 2.05 bits per heavy atom. The fraction of sp³-hybridized carbons (Fsp3) is 0.625. The van der Waals surface area contributed by atoms with Gasteiger partial charge in [0.25, 0.3) is 0 Å². The largest absolute Gasteiger partial charge is 0.324 e. The molecule has 118 valence electrons. The van der Waals surface area contributed by atoms with Gasteiger partial charge in [-0.1, -0.05) is 36.8 Å². The van der Waals surface area contributed by atoms with Gasteiger partial charge in [-0.05, 0) is 37.2 Å². The normalized spacial score (nSPS) is 22.1. The molecule has 1 aromatic carbocycles. The molecule has 1 aromatic rings. The molecule has 0 amide bonds. The average molecular weight is 310 g/mol. The molecule has 0 bridgehead atoms. The number of rotatable bonds is 6. The van der Waals surface area contributed by atoms with Crippen molar-refractivity contribution in [2.24, 2.45) is 11.7 Å². The van der Waals surface area contributed by atoms with Crippen LogP contribution in [0.5, 0.6) is 0 Å². The minimum absolute atomic E-state index is 0.0841. The summed E-state index contributed by atoms with van der Waals surface area (Å²) >= 11 is 0. The van der Waals surface area contributed by atoms with Crippen molar-refractivity contribution in [2.45, 2.75) is 38.1 Å². The van der Waals surface area contributed by atoms with E-state index >= 15 is 0 Å². The predicted octanol–water partition coefficient (Wildman–Crippen LogP) is 2.53. The molecule has 2 unspecified atom stereocenters. The summed E-state index contributed by atoms with van der Waals surface area (Å²) in [5, 5.41) is 0. The van der Waals surface area contributed by atoms with Gasteiger partial charge >= 0.3 is 0 Å². The molecule has 2 atom stereocenters. The molecular weight excluding hydrogens is 284 g/mol. The van der Waals surface area contributed by atoms with Crippen LogP contribution in [0.1, 0.15) is 43.7 Å². The molecule has 21 heavy (non-hydrogen) atoms. The SMILES string of the molecule is CS(=O)(=O)N1CCCC(CCCC(N)c2ccccc2)C1. The molecule has 0 aromatic heterocycles. The molecule has 2 rings (SSSR count). The third kappa shape index (κ3) is 5.09. The Kier molecular flexibility index (Phi) is 5.79. The molecule has 0 radical (unpaired) electrons. The first-order valence-electron chi connectivity index (χ1n) is 7.72. The van der Waals surface area contributed by atoms with E-state index in [0.717, 1.165) is 32.1 Å². The number of benzene rings is 1. The van der Waals surface area contributed by atoms with Gasteiger partial charge in [0.1, 0.15) is 0 Å². The second kappa shape index (κ2) is 7.38. The van der Waals surface area contributed by atoms with Crippen LogP contribution in [0.4, 0.5) is 0 Å². The van der Waals surface area contributed by atoms with Crippen molar-refractivity contribution in [2.75, 3.05) is 19.3 Å². The molecule has 1 fully saturated rings. The van der Waals surface area contributed by atoms with Gasteiger partial charge in [0.15, 0.2) is 0 Å². The van der Waals surface area contributed by atoms with Crippen LogP contribution in [0, 0.1) is 5.92 Å². The van der Waals surface area contributed by atoms with Crippen molar-refractivity contribution in [1.29, 1.82) is 0 Å². The molecule has 0 aliphatic carbocycles. The zero-order valence-electron chi connectivity index (χ0n) is 12.7. The number of sulfonamides is 1. The molecule has 1 saturated heterocycles. The van der Waals surface area contributed by atoms with E-state index < -0.39 is 10.0 Å². The summed E-state index contributed by atoms with van der Waals surface area (Å²) in [5.74, 6) is 0.483. The molecule has 1 aliphatic rings. The lowest BCUT2D eigenvalue weighted by Crippen LogP contribution is -2.39. The first kappa shape index (κ1) is 16.5. The quantitative estimate of drug-likeness (QED) is 0.878. The summed E-state index contributed by atoms with van der Waals surface area (Å²) in [4.78, 5) is 0. The second-order valence-corrected chi connectivity index (χ2v) is 8.06. The zero-order valence-corrected chi connectivity index (χ0v) is 13.6. The van der Waals surface area contributed by atoms with E-state index in [1.807, 2.05) is 18.2 Å². The molecule has 1 heterocycles. The van der Waals surface area contributed by atoms with Gasteiger partial charge in [-0.15, -0.1) is 0 Å². The molecular formula is C16H26N2O2S. The highest BCUT2D eigenvalue weighted by Crippen LogP contribution is 2.25. The summed E-state index contributed by atoms with van der Waals surface area (Å²) < 4.78 is 24.8. The van der Waals surface area contributed by atoms with E-state index in [1.54, 1.807) is 4.31 Å². The fourth-order valence-corrected chi connectivity index (χ4v) is 4.00. The Labute approximate surface area is 128 Å². The number of piperidine rings is 1. The van der Waals surface area contributed by atoms with E-state index in [4.69, 9.17) is 5.73 Å². The predicted molar refractivity (Wildman–Crippen MR) is 86.4 cm³/mol. The smallest absolute Gasteiger partial charge is 0.211 e. The highest BCUT2D eigenvalue weighted by Gasteiger charge is 2.25. The Morgan fingerprint density at radius 1 is 1.33 bits per heavy atom. The molecule has 2 N–H and O–H groups in total.